The highest BCUT2D eigenvalue weighted by Gasteiger charge is 2.31. The quantitative estimate of drug-likeness (QED) is 0.544. The van der Waals surface area contributed by atoms with Crippen molar-refractivity contribution in [3.05, 3.63) is 17.0 Å². The summed E-state index contributed by atoms with van der Waals surface area (Å²) in [7, 11) is 1.85. The summed E-state index contributed by atoms with van der Waals surface area (Å²) in [6, 6.07) is 0. The first kappa shape index (κ1) is 25.6. The second kappa shape index (κ2) is 12.0. The van der Waals surface area contributed by atoms with Gasteiger partial charge in [0.25, 0.3) is 5.91 Å². The monoisotopic (exact) mass is 488 g/mol. The molecule has 4 rings (SSSR count). The summed E-state index contributed by atoms with van der Waals surface area (Å²) < 4.78 is 7.12. The molecule has 1 aromatic rings. The summed E-state index contributed by atoms with van der Waals surface area (Å²) in [5.74, 6) is 0.530. The van der Waals surface area contributed by atoms with Crippen LogP contribution in [-0.2, 0) is 34.3 Å². The lowest BCUT2D eigenvalue weighted by molar-refractivity contribution is -0.134. The first-order valence-corrected chi connectivity index (χ1v) is 13.1. The van der Waals surface area contributed by atoms with E-state index in [0.717, 1.165) is 43.2 Å². The van der Waals surface area contributed by atoms with Gasteiger partial charge in [-0.25, -0.2) is 0 Å². The lowest BCUT2D eigenvalue weighted by Gasteiger charge is -2.30. The van der Waals surface area contributed by atoms with Crippen LogP contribution in [0.15, 0.2) is 0 Å². The number of amides is 3. The maximum Gasteiger partial charge on any atom is 0.274 e. The highest BCUT2D eigenvalue weighted by Crippen LogP contribution is 2.24. The highest BCUT2D eigenvalue weighted by molar-refractivity contribution is 5.94. The molecule has 35 heavy (non-hydrogen) atoms. The number of nitrogens with zero attached hydrogens (tertiary/aromatic N) is 5. The van der Waals surface area contributed by atoms with Crippen LogP contribution >= 0.6 is 0 Å². The number of hydrogen-bond donors (Lipinski definition) is 1. The van der Waals surface area contributed by atoms with Crippen molar-refractivity contribution >= 4 is 17.7 Å². The van der Waals surface area contributed by atoms with E-state index in [-0.39, 0.29) is 30.6 Å². The predicted octanol–water partition coefficient (Wildman–Crippen LogP) is 0.796. The number of piperidine rings is 1. The summed E-state index contributed by atoms with van der Waals surface area (Å²) in [5.41, 5.74) is 2.27. The van der Waals surface area contributed by atoms with Crippen molar-refractivity contribution in [2.24, 2.45) is 13.0 Å². The molecule has 0 aromatic carbocycles. The Morgan fingerprint density at radius 3 is 2.66 bits per heavy atom. The van der Waals surface area contributed by atoms with E-state index in [4.69, 9.17) is 4.74 Å². The molecule has 0 bridgehead atoms. The van der Waals surface area contributed by atoms with Crippen LogP contribution in [0.25, 0.3) is 0 Å². The average Bonchev–Trinajstić information content (AvgIpc) is 3.21. The molecular formula is C25H40N6O4. The topological polar surface area (TPSA) is 100 Å². The molecule has 1 N–H and O–H groups in total. The highest BCUT2D eigenvalue weighted by atomic mass is 16.5. The molecule has 3 aliphatic rings. The molecule has 2 fully saturated rings. The number of morpholine rings is 1. The summed E-state index contributed by atoms with van der Waals surface area (Å²) in [4.78, 5) is 44.2. The number of likely N-dealkylation sites (tertiary alicyclic amines) is 1. The third-order valence-electron chi connectivity index (χ3n) is 7.38. The molecule has 0 spiro atoms. The van der Waals surface area contributed by atoms with Gasteiger partial charge < -0.3 is 24.8 Å². The van der Waals surface area contributed by atoms with Crippen molar-refractivity contribution in [1.82, 2.24) is 29.8 Å². The maximum atomic E-state index is 13.1. The summed E-state index contributed by atoms with van der Waals surface area (Å²) >= 11 is 0. The van der Waals surface area contributed by atoms with Crippen LogP contribution in [0.5, 0.6) is 0 Å². The van der Waals surface area contributed by atoms with E-state index in [0.29, 0.717) is 58.1 Å². The van der Waals surface area contributed by atoms with Crippen LogP contribution in [0.1, 0.15) is 60.8 Å². The number of nitrogens with one attached hydrogen (secondary N) is 1. The lowest BCUT2D eigenvalue weighted by Crippen LogP contribution is -2.42. The van der Waals surface area contributed by atoms with Crippen LogP contribution < -0.4 is 5.32 Å². The minimum absolute atomic E-state index is 0.0540. The maximum absolute atomic E-state index is 13.1. The first-order valence-electron chi connectivity index (χ1n) is 13.1. The zero-order valence-electron chi connectivity index (χ0n) is 21.3. The normalized spacial score (nSPS) is 21.0. The number of aromatic nitrogens is 2. The lowest BCUT2D eigenvalue weighted by atomic mass is 10.0. The molecule has 0 saturated carbocycles. The number of ether oxygens (including phenoxy) is 1. The second-order valence-corrected chi connectivity index (χ2v) is 10.1. The third-order valence-corrected chi connectivity index (χ3v) is 7.38. The third kappa shape index (κ3) is 6.61. The molecule has 2 saturated heterocycles. The SMILES string of the molecule is C[C@H]1CCCN(CCCNC(=O)CCC(=O)N2CCc3c(c(C(=O)N4CCOCC4)nn3C)C2)C1. The summed E-state index contributed by atoms with van der Waals surface area (Å²) in [5, 5.41) is 7.46. The Hall–Kier alpha value is -2.46. The van der Waals surface area contributed by atoms with Crippen molar-refractivity contribution < 1.29 is 19.1 Å². The van der Waals surface area contributed by atoms with Crippen LogP contribution in [-0.4, -0.2) is 101 Å². The fourth-order valence-corrected chi connectivity index (χ4v) is 5.38. The zero-order valence-corrected chi connectivity index (χ0v) is 21.3. The van der Waals surface area contributed by atoms with Gasteiger partial charge in [-0.15, -0.1) is 0 Å². The minimum atomic E-state index is -0.0992. The fourth-order valence-electron chi connectivity index (χ4n) is 5.38. The van der Waals surface area contributed by atoms with E-state index in [1.807, 2.05) is 7.05 Å². The molecule has 194 valence electrons. The zero-order chi connectivity index (χ0) is 24.8. The largest absolute Gasteiger partial charge is 0.378 e. The molecule has 10 nitrogen and oxygen atoms in total. The van der Waals surface area contributed by atoms with E-state index >= 15 is 0 Å². The molecule has 10 heteroatoms. The van der Waals surface area contributed by atoms with Crippen LogP contribution in [0.2, 0.25) is 0 Å². The molecule has 4 heterocycles. The van der Waals surface area contributed by atoms with Crippen LogP contribution in [0, 0.1) is 5.92 Å². The molecule has 0 unspecified atom stereocenters. The van der Waals surface area contributed by atoms with Crippen molar-refractivity contribution in [2.45, 2.75) is 52.0 Å². The Bertz CT molecular complexity index is 910. The van der Waals surface area contributed by atoms with Crippen molar-refractivity contribution in [3.8, 4) is 0 Å². The fraction of sp³-hybridized carbons (Fsp3) is 0.760. The Balaban J connectivity index is 1.22. The molecule has 0 radical (unpaired) electrons. The number of aryl methyl sites for hydroxylation is 1. The first-order chi connectivity index (χ1) is 16.9. The average molecular weight is 489 g/mol. The Morgan fingerprint density at radius 1 is 1.09 bits per heavy atom. The van der Waals surface area contributed by atoms with Gasteiger partial charge in [-0.3, -0.25) is 19.1 Å². The number of carbonyl (C=O) groups is 3. The number of hydrogen-bond acceptors (Lipinski definition) is 6. The van der Waals surface area contributed by atoms with Gasteiger partial charge in [0.15, 0.2) is 5.69 Å². The summed E-state index contributed by atoms with van der Waals surface area (Å²) in [6.07, 6.45) is 4.53. The smallest absolute Gasteiger partial charge is 0.274 e. The molecule has 3 aliphatic heterocycles. The van der Waals surface area contributed by atoms with Crippen molar-refractivity contribution in [2.75, 3.05) is 59.0 Å². The van der Waals surface area contributed by atoms with E-state index < -0.39 is 0 Å². The standard InChI is InChI=1S/C25H40N6O4/c1-19-5-3-10-29(17-19)11-4-9-26-22(32)6-7-23(33)31-12-8-21-20(18-31)24(27-28(21)2)25(34)30-13-15-35-16-14-30/h19H,3-18H2,1-2H3,(H,26,32)/t19-/m0/s1. The Labute approximate surface area is 207 Å². The van der Waals surface area contributed by atoms with Gasteiger partial charge in [0.2, 0.25) is 11.8 Å². The molecule has 3 amide bonds. The van der Waals surface area contributed by atoms with Gasteiger partial charge in [-0.2, -0.15) is 5.10 Å². The summed E-state index contributed by atoms with van der Waals surface area (Å²) in [6.45, 7) is 9.37. The predicted molar refractivity (Wildman–Crippen MR) is 131 cm³/mol. The number of carbonyl (C=O) groups excluding carboxylic acids is 3. The van der Waals surface area contributed by atoms with E-state index in [9.17, 15) is 14.4 Å². The van der Waals surface area contributed by atoms with Crippen molar-refractivity contribution in [1.29, 1.82) is 0 Å². The van der Waals surface area contributed by atoms with Crippen LogP contribution in [0.3, 0.4) is 0 Å². The number of fused-ring (bicyclic) bond motifs is 1. The number of rotatable bonds is 8. The second-order valence-electron chi connectivity index (χ2n) is 10.1. The van der Waals surface area contributed by atoms with Gasteiger partial charge in [0.1, 0.15) is 0 Å². The molecular weight excluding hydrogens is 448 g/mol. The van der Waals surface area contributed by atoms with Gasteiger partial charge in [0, 0.05) is 76.8 Å². The minimum Gasteiger partial charge on any atom is -0.378 e. The van der Waals surface area contributed by atoms with Gasteiger partial charge in [-0.1, -0.05) is 6.92 Å². The van der Waals surface area contributed by atoms with Gasteiger partial charge in [0.05, 0.1) is 13.2 Å². The Kier molecular flexibility index (Phi) is 8.78. The van der Waals surface area contributed by atoms with Gasteiger partial charge in [-0.05, 0) is 38.3 Å². The molecule has 0 aliphatic carbocycles. The van der Waals surface area contributed by atoms with Crippen molar-refractivity contribution in [3.63, 3.8) is 0 Å². The molecule has 1 aromatic heterocycles. The Morgan fingerprint density at radius 2 is 1.89 bits per heavy atom. The van der Waals surface area contributed by atoms with E-state index in [1.54, 1.807) is 14.5 Å². The van der Waals surface area contributed by atoms with E-state index in [1.165, 1.54) is 12.8 Å². The van der Waals surface area contributed by atoms with Crippen LogP contribution in [0.4, 0.5) is 0 Å². The van der Waals surface area contributed by atoms with Gasteiger partial charge >= 0.3 is 0 Å². The molecule has 1 atom stereocenters. The van der Waals surface area contributed by atoms with E-state index in [2.05, 4.69) is 22.2 Å².